The largest absolute Gasteiger partial charge is 0.478 e. The number of carboxylic acids is 1. The summed E-state index contributed by atoms with van der Waals surface area (Å²) >= 11 is 0. The number of alkyl halides is 3. The van der Waals surface area contributed by atoms with Gasteiger partial charge in [-0.05, 0) is 17.7 Å². The lowest BCUT2D eigenvalue weighted by molar-refractivity contribution is -0.146. The van der Waals surface area contributed by atoms with E-state index < -0.39 is 36.6 Å². The van der Waals surface area contributed by atoms with E-state index in [2.05, 4.69) is 0 Å². The summed E-state index contributed by atoms with van der Waals surface area (Å²) in [4.78, 5) is 10.5. The Labute approximate surface area is 100.0 Å². The molecule has 0 saturated carbocycles. The van der Waals surface area contributed by atoms with E-state index in [1.54, 1.807) is 0 Å². The number of benzene rings is 1. The molecule has 0 aliphatic rings. The quantitative estimate of drug-likeness (QED) is 0.658. The van der Waals surface area contributed by atoms with Gasteiger partial charge in [-0.1, -0.05) is 6.07 Å². The van der Waals surface area contributed by atoms with Gasteiger partial charge in [0.15, 0.2) is 0 Å². The van der Waals surface area contributed by atoms with Gasteiger partial charge in [-0.3, -0.25) is 0 Å². The second kappa shape index (κ2) is 5.81. The fourth-order valence-electron chi connectivity index (χ4n) is 1.20. The highest BCUT2D eigenvalue weighted by molar-refractivity contribution is 5.87. The molecule has 0 aliphatic carbocycles. The van der Waals surface area contributed by atoms with Gasteiger partial charge in [0.2, 0.25) is 0 Å². The fourth-order valence-corrected chi connectivity index (χ4v) is 1.20. The average molecular weight is 266 g/mol. The van der Waals surface area contributed by atoms with E-state index in [0.29, 0.717) is 0 Å². The first-order valence-corrected chi connectivity index (χ1v) is 4.96. The van der Waals surface area contributed by atoms with Gasteiger partial charge in [0, 0.05) is 0 Å². The van der Waals surface area contributed by atoms with Gasteiger partial charge in [0.1, 0.15) is 5.82 Å². The maximum absolute atomic E-state index is 13.2. The number of carbonyl (C=O) groups is 1. The van der Waals surface area contributed by atoms with Crippen molar-refractivity contribution in [1.29, 1.82) is 0 Å². The molecule has 0 spiro atoms. The SMILES string of the molecule is O=C(O)c1ccc(COCCC(F)(F)F)cc1F. The van der Waals surface area contributed by atoms with E-state index >= 15 is 0 Å². The number of rotatable bonds is 5. The third-order valence-electron chi connectivity index (χ3n) is 2.06. The fraction of sp³-hybridized carbons (Fsp3) is 0.364. The van der Waals surface area contributed by atoms with Crippen molar-refractivity contribution in [3.63, 3.8) is 0 Å². The summed E-state index contributed by atoms with van der Waals surface area (Å²) in [5.74, 6) is -2.35. The van der Waals surface area contributed by atoms with Gasteiger partial charge in [-0.25, -0.2) is 9.18 Å². The van der Waals surface area contributed by atoms with Gasteiger partial charge < -0.3 is 9.84 Å². The molecular formula is C11H10F4O3. The van der Waals surface area contributed by atoms with Crippen LogP contribution in [-0.4, -0.2) is 23.9 Å². The number of hydrogen-bond donors (Lipinski definition) is 1. The van der Waals surface area contributed by atoms with Crippen LogP contribution < -0.4 is 0 Å². The van der Waals surface area contributed by atoms with Crippen molar-refractivity contribution in [1.82, 2.24) is 0 Å². The number of carboxylic acid groups (broad SMARTS) is 1. The Balaban J connectivity index is 2.49. The first-order valence-electron chi connectivity index (χ1n) is 4.96. The molecule has 1 rings (SSSR count). The minimum Gasteiger partial charge on any atom is -0.478 e. The molecule has 0 fully saturated rings. The first kappa shape index (κ1) is 14.4. The minimum atomic E-state index is -4.29. The normalized spacial score (nSPS) is 11.6. The molecule has 0 saturated heterocycles. The van der Waals surface area contributed by atoms with E-state index in [4.69, 9.17) is 9.84 Å². The summed E-state index contributed by atoms with van der Waals surface area (Å²) in [6.07, 6.45) is -5.37. The van der Waals surface area contributed by atoms with Crippen LogP contribution in [0.1, 0.15) is 22.3 Å². The van der Waals surface area contributed by atoms with Crippen LogP contribution in [0.3, 0.4) is 0 Å². The summed E-state index contributed by atoms with van der Waals surface area (Å²) in [5, 5.41) is 8.56. The van der Waals surface area contributed by atoms with Crippen molar-refractivity contribution in [2.24, 2.45) is 0 Å². The Morgan fingerprint density at radius 1 is 1.33 bits per heavy atom. The lowest BCUT2D eigenvalue weighted by atomic mass is 10.1. The van der Waals surface area contributed by atoms with Crippen LogP contribution in [0.2, 0.25) is 0 Å². The van der Waals surface area contributed by atoms with E-state index in [0.717, 1.165) is 12.1 Å². The van der Waals surface area contributed by atoms with Crippen molar-refractivity contribution in [3.05, 3.63) is 35.1 Å². The summed E-state index contributed by atoms with van der Waals surface area (Å²) in [5.41, 5.74) is -0.214. The first-order chi connectivity index (χ1) is 8.29. The van der Waals surface area contributed by atoms with Crippen molar-refractivity contribution >= 4 is 5.97 Å². The van der Waals surface area contributed by atoms with Crippen LogP contribution in [-0.2, 0) is 11.3 Å². The second-order valence-electron chi connectivity index (χ2n) is 3.54. The molecular weight excluding hydrogens is 256 g/mol. The molecule has 0 amide bonds. The Kier molecular flexibility index (Phi) is 4.66. The molecule has 1 aromatic carbocycles. The Morgan fingerprint density at radius 2 is 2.00 bits per heavy atom. The maximum Gasteiger partial charge on any atom is 0.391 e. The van der Waals surface area contributed by atoms with E-state index in [1.807, 2.05) is 0 Å². The molecule has 100 valence electrons. The zero-order valence-electron chi connectivity index (χ0n) is 9.13. The molecule has 0 aromatic heterocycles. The van der Waals surface area contributed by atoms with Gasteiger partial charge in [-0.15, -0.1) is 0 Å². The molecule has 3 nitrogen and oxygen atoms in total. The monoisotopic (exact) mass is 266 g/mol. The van der Waals surface area contributed by atoms with Crippen LogP contribution in [0.4, 0.5) is 17.6 Å². The summed E-state index contributed by atoms with van der Waals surface area (Å²) in [6, 6.07) is 3.26. The van der Waals surface area contributed by atoms with E-state index in [9.17, 15) is 22.4 Å². The zero-order chi connectivity index (χ0) is 13.8. The predicted octanol–water partition coefficient (Wildman–Crippen LogP) is 2.99. The third kappa shape index (κ3) is 4.70. The third-order valence-corrected chi connectivity index (χ3v) is 2.06. The summed E-state index contributed by atoms with van der Waals surface area (Å²) < 4.78 is 53.2. The molecule has 0 bridgehead atoms. The van der Waals surface area contributed by atoms with E-state index in [-0.39, 0.29) is 12.2 Å². The predicted molar refractivity (Wildman–Crippen MR) is 53.7 cm³/mol. The Bertz CT molecular complexity index is 429. The smallest absolute Gasteiger partial charge is 0.391 e. The highest BCUT2D eigenvalue weighted by atomic mass is 19.4. The number of ether oxygens (including phenoxy) is 1. The molecule has 0 unspecified atom stereocenters. The lowest BCUT2D eigenvalue weighted by Crippen LogP contribution is -2.11. The second-order valence-corrected chi connectivity index (χ2v) is 3.54. The van der Waals surface area contributed by atoms with Crippen LogP contribution in [0.25, 0.3) is 0 Å². The van der Waals surface area contributed by atoms with Gasteiger partial charge in [0.05, 0.1) is 25.2 Å². The lowest BCUT2D eigenvalue weighted by Gasteiger charge is -2.07. The molecule has 0 heterocycles. The Morgan fingerprint density at radius 3 is 2.50 bits per heavy atom. The van der Waals surface area contributed by atoms with Gasteiger partial charge in [-0.2, -0.15) is 13.2 Å². The highest BCUT2D eigenvalue weighted by Gasteiger charge is 2.26. The molecule has 7 heteroatoms. The van der Waals surface area contributed by atoms with Crippen molar-refractivity contribution in [2.45, 2.75) is 19.2 Å². The molecule has 0 aliphatic heterocycles. The van der Waals surface area contributed by atoms with Crippen molar-refractivity contribution < 1.29 is 32.2 Å². The van der Waals surface area contributed by atoms with Crippen molar-refractivity contribution in [2.75, 3.05) is 6.61 Å². The Hall–Kier alpha value is -1.63. The molecule has 1 N–H and O–H groups in total. The van der Waals surface area contributed by atoms with Crippen LogP contribution >= 0.6 is 0 Å². The minimum absolute atomic E-state index is 0.201. The number of aromatic carboxylic acids is 1. The van der Waals surface area contributed by atoms with Crippen LogP contribution in [0, 0.1) is 5.82 Å². The zero-order valence-corrected chi connectivity index (χ0v) is 9.13. The van der Waals surface area contributed by atoms with Gasteiger partial charge >= 0.3 is 12.1 Å². The maximum atomic E-state index is 13.2. The molecule has 0 atom stereocenters. The molecule has 1 aromatic rings. The van der Waals surface area contributed by atoms with Crippen molar-refractivity contribution in [3.8, 4) is 0 Å². The molecule has 18 heavy (non-hydrogen) atoms. The van der Waals surface area contributed by atoms with Gasteiger partial charge in [0.25, 0.3) is 0 Å². The van der Waals surface area contributed by atoms with E-state index in [1.165, 1.54) is 6.07 Å². The number of hydrogen-bond acceptors (Lipinski definition) is 2. The van der Waals surface area contributed by atoms with Crippen LogP contribution in [0.15, 0.2) is 18.2 Å². The standard InChI is InChI=1S/C11H10F4O3/c12-9-5-7(1-2-8(9)10(16)17)6-18-4-3-11(13,14)15/h1-2,5H,3-4,6H2,(H,16,17). The summed E-state index contributed by atoms with van der Waals surface area (Å²) in [6.45, 7) is -0.724. The number of halogens is 4. The topological polar surface area (TPSA) is 46.5 Å². The highest BCUT2D eigenvalue weighted by Crippen LogP contribution is 2.19. The molecule has 0 radical (unpaired) electrons. The van der Waals surface area contributed by atoms with Crippen LogP contribution in [0.5, 0.6) is 0 Å². The summed E-state index contributed by atoms with van der Waals surface area (Å²) in [7, 11) is 0. The average Bonchev–Trinajstić information content (AvgIpc) is 2.22.